The van der Waals surface area contributed by atoms with Crippen LogP contribution in [0.25, 0.3) is 16.3 Å². The first kappa shape index (κ1) is 22.0. The van der Waals surface area contributed by atoms with Crippen molar-refractivity contribution in [2.75, 3.05) is 37.8 Å². The van der Waals surface area contributed by atoms with Gasteiger partial charge in [0.1, 0.15) is 5.82 Å². The van der Waals surface area contributed by atoms with Gasteiger partial charge in [-0.3, -0.25) is 0 Å². The van der Waals surface area contributed by atoms with Gasteiger partial charge in [-0.1, -0.05) is 18.7 Å². The lowest BCUT2D eigenvalue weighted by molar-refractivity contribution is -0.0688. The van der Waals surface area contributed by atoms with Crippen molar-refractivity contribution in [2.24, 2.45) is 0 Å². The minimum absolute atomic E-state index is 0.166. The molecule has 1 aromatic carbocycles. The zero-order valence-electron chi connectivity index (χ0n) is 17.5. The van der Waals surface area contributed by atoms with E-state index in [1.807, 2.05) is 13.0 Å². The van der Waals surface area contributed by atoms with E-state index in [2.05, 4.69) is 39.5 Å². The second-order valence-electron chi connectivity index (χ2n) is 7.53. The van der Waals surface area contributed by atoms with Crippen molar-refractivity contribution < 1.29 is 13.2 Å². The van der Waals surface area contributed by atoms with E-state index in [9.17, 15) is 13.2 Å². The smallest absolute Gasteiger partial charge is 0.382 e. The molecule has 2 aromatic rings. The molecule has 0 amide bonds. The summed E-state index contributed by atoms with van der Waals surface area (Å²) in [7, 11) is 3.82. The van der Waals surface area contributed by atoms with Crippen LogP contribution >= 0.6 is 0 Å². The molecule has 2 heterocycles. The van der Waals surface area contributed by atoms with Gasteiger partial charge >= 0.3 is 6.18 Å². The molecule has 8 heteroatoms. The quantitative estimate of drug-likeness (QED) is 0.628. The van der Waals surface area contributed by atoms with Crippen LogP contribution in [0.2, 0.25) is 0 Å². The van der Waals surface area contributed by atoms with Gasteiger partial charge in [-0.05, 0) is 58.1 Å². The normalized spacial score (nSPS) is 16.5. The number of anilines is 2. The molecular formula is C22H28F3N5. The number of nitrogens with zero attached hydrogens (tertiary/aromatic N) is 2. The molecule has 162 valence electrons. The highest BCUT2D eigenvalue weighted by atomic mass is 19.4. The Morgan fingerprint density at radius 1 is 1.23 bits per heavy atom. The molecule has 1 aliphatic rings. The van der Waals surface area contributed by atoms with Gasteiger partial charge in [0, 0.05) is 29.5 Å². The Morgan fingerprint density at radius 2 is 1.93 bits per heavy atom. The van der Waals surface area contributed by atoms with Crippen LogP contribution in [0.15, 0.2) is 42.7 Å². The SMILES string of the molecule is C=C(c1nc(N/C(=C/C)NC)cc2c(NC3CCN(C)CC3)cccc12)C(F)(F)F. The summed E-state index contributed by atoms with van der Waals surface area (Å²) >= 11 is 0. The predicted octanol–water partition coefficient (Wildman–Crippen LogP) is 4.81. The summed E-state index contributed by atoms with van der Waals surface area (Å²) in [6, 6.07) is 7.37. The number of aromatic nitrogens is 1. The van der Waals surface area contributed by atoms with Gasteiger partial charge in [0.2, 0.25) is 0 Å². The Bertz CT molecular complexity index is 944. The van der Waals surface area contributed by atoms with Crippen molar-refractivity contribution in [1.82, 2.24) is 15.2 Å². The monoisotopic (exact) mass is 419 g/mol. The Hall–Kier alpha value is -2.74. The summed E-state index contributed by atoms with van der Waals surface area (Å²) in [5.74, 6) is 0.967. The molecule has 3 N–H and O–H groups in total. The lowest BCUT2D eigenvalue weighted by atomic mass is 10.0. The topological polar surface area (TPSA) is 52.2 Å². The third-order valence-corrected chi connectivity index (χ3v) is 5.40. The fraction of sp³-hybridized carbons (Fsp3) is 0.409. The number of rotatable bonds is 6. The maximum atomic E-state index is 13.5. The second-order valence-corrected chi connectivity index (χ2v) is 7.53. The fourth-order valence-electron chi connectivity index (χ4n) is 3.62. The minimum Gasteiger partial charge on any atom is -0.382 e. The van der Waals surface area contributed by atoms with E-state index in [-0.39, 0.29) is 11.7 Å². The van der Waals surface area contributed by atoms with Gasteiger partial charge in [0.25, 0.3) is 0 Å². The minimum atomic E-state index is -4.57. The molecule has 0 unspecified atom stereocenters. The Balaban J connectivity index is 2.08. The second kappa shape index (κ2) is 8.95. The Morgan fingerprint density at radius 3 is 2.53 bits per heavy atom. The van der Waals surface area contributed by atoms with Gasteiger partial charge in [-0.15, -0.1) is 0 Å². The average Bonchev–Trinajstić information content (AvgIpc) is 2.72. The van der Waals surface area contributed by atoms with Crippen molar-refractivity contribution in [3.8, 4) is 0 Å². The number of hydrogen-bond acceptors (Lipinski definition) is 5. The van der Waals surface area contributed by atoms with Crippen LogP contribution in [-0.4, -0.2) is 49.3 Å². The van der Waals surface area contributed by atoms with E-state index in [1.54, 1.807) is 31.3 Å². The predicted molar refractivity (Wildman–Crippen MR) is 117 cm³/mol. The summed E-state index contributed by atoms with van der Waals surface area (Å²) in [6.07, 6.45) is -0.823. The highest BCUT2D eigenvalue weighted by Gasteiger charge is 2.35. The number of fused-ring (bicyclic) bond motifs is 1. The summed E-state index contributed by atoms with van der Waals surface area (Å²) in [6.45, 7) is 7.08. The van der Waals surface area contributed by atoms with Crippen LogP contribution in [0.4, 0.5) is 24.7 Å². The lowest BCUT2D eigenvalue weighted by Gasteiger charge is -2.30. The van der Waals surface area contributed by atoms with Gasteiger partial charge in [-0.25, -0.2) is 4.98 Å². The molecule has 1 aliphatic heterocycles. The maximum Gasteiger partial charge on any atom is 0.417 e. The summed E-state index contributed by atoms with van der Waals surface area (Å²) < 4.78 is 40.5. The number of nitrogens with one attached hydrogen (secondary N) is 3. The van der Waals surface area contributed by atoms with E-state index >= 15 is 0 Å². The number of benzene rings is 1. The lowest BCUT2D eigenvalue weighted by Crippen LogP contribution is -2.36. The average molecular weight is 419 g/mol. The Labute approximate surface area is 175 Å². The van der Waals surface area contributed by atoms with Gasteiger partial charge in [0.15, 0.2) is 0 Å². The van der Waals surface area contributed by atoms with E-state index < -0.39 is 11.7 Å². The number of alkyl halides is 3. The van der Waals surface area contributed by atoms with Crippen molar-refractivity contribution in [3.63, 3.8) is 0 Å². The molecule has 0 spiro atoms. The highest BCUT2D eigenvalue weighted by molar-refractivity contribution is 6.01. The van der Waals surface area contributed by atoms with Crippen LogP contribution < -0.4 is 16.0 Å². The fourth-order valence-corrected chi connectivity index (χ4v) is 3.62. The third kappa shape index (κ3) is 4.87. The number of halogens is 3. The molecule has 0 atom stereocenters. The van der Waals surface area contributed by atoms with Crippen molar-refractivity contribution >= 4 is 27.9 Å². The number of piperidine rings is 1. The van der Waals surface area contributed by atoms with Gasteiger partial charge in [0.05, 0.1) is 17.1 Å². The Kier molecular flexibility index (Phi) is 6.55. The molecule has 0 bridgehead atoms. The zero-order valence-corrected chi connectivity index (χ0v) is 17.5. The van der Waals surface area contributed by atoms with Crippen LogP contribution in [0.3, 0.4) is 0 Å². The van der Waals surface area contributed by atoms with Crippen LogP contribution in [0, 0.1) is 0 Å². The first-order valence-electron chi connectivity index (χ1n) is 9.99. The molecule has 0 saturated carbocycles. The van der Waals surface area contributed by atoms with Crippen LogP contribution in [-0.2, 0) is 0 Å². The number of hydrogen-bond donors (Lipinski definition) is 3. The van der Waals surface area contributed by atoms with Crippen molar-refractivity contribution in [1.29, 1.82) is 0 Å². The number of likely N-dealkylation sites (tertiary alicyclic amines) is 1. The first-order chi connectivity index (χ1) is 14.2. The van der Waals surface area contributed by atoms with E-state index in [0.717, 1.165) is 31.6 Å². The largest absolute Gasteiger partial charge is 0.417 e. The van der Waals surface area contributed by atoms with Gasteiger partial charge < -0.3 is 20.9 Å². The zero-order chi connectivity index (χ0) is 21.9. The summed E-state index contributed by atoms with van der Waals surface area (Å²) in [4.78, 5) is 6.53. The molecular weight excluding hydrogens is 391 g/mol. The number of allylic oxidation sites excluding steroid dienone is 2. The van der Waals surface area contributed by atoms with Crippen molar-refractivity contribution in [3.05, 3.63) is 48.4 Å². The molecule has 5 nitrogen and oxygen atoms in total. The molecule has 0 aliphatic carbocycles. The van der Waals surface area contributed by atoms with Crippen LogP contribution in [0.1, 0.15) is 25.5 Å². The van der Waals surface area contributed by atoms with Gasteiger partial charge in [-0.2, -0.15) is 13.2 Å². The molecule has 3 rings (SSSR count). The standard InChI is InChI=1S/C22H28F3N5/c1-5-19(26-3)28-20-13-17-16(21(29-20)14(2)22(23,24)25)7-6-8-18(17)27-15-9-11-30(4)12-10-15/h5-8,13,15,26-27H,2,9-12H2,1,3-4H3,(H,28,29)/b19-5+. The molecule has 30 heavy (non-hydrogen) atoms. The van der Waals surface area contributed by atoms with E-state index in [1.165, 1.54) is 0 Å². The first-order valence-corrected chi connectivity index (χ1v) is 9.99. The molecule has 1 saturated heterocycles. The summed E-state index contributed by atoms with van der Waals surface area (Å²) in [5.41, 5.74) is -0.324. The maximum absolute atomic E-state index is 13.5. The van der Waals surface area contributed by atoms with Crippen molar-refractivity contribution in [2.45, 2.75) is 32.0 Å². The van der Waals surface area contributed by atoms with Crippen LogP contribution in [0.5, 0.6) is 0 Å². The number of pyridine rings is 1. The molecule has 0 radical (unpaired) electrons. The third-order valence-electron chi connectivity index (χ3n) is 5.40. The van der Waals surface area contributed by atoms with E-state index in [4.69, 9.17) is 0 Å². The van der Waals surface area contributed by atoms with E-state index in [0.29, 0.717) is 22.4 Å². The highest BCUT2D eigenvalue weighted by Crippen LogP contribution is 2.38. The summed E-state index contributed by atoms with van der Waals surface area (Å²) in [5, 5.41) is 10.6. The molecule has 1 fully saturated rings. The molecule has 1 aromatic heterocycles.